The first-order chi connectivity index (χ1) is 10.3. The predicted octanol–water partition coefficient (Wildman–Crippen LogP) is 1.15. The third-order valence-electron chi connectivity index (χ3n) is 2.54. The van der Waals surface area contributed by atoms with Crippen molar-refractivity contribution in [2.24, 2.45) is 0 Å². The van der Waals surface area contributed by atoms with Crippen LogP contribution in [0.2, 0.25) is 0 Å². The number of rotatable bonds is 8. The fourth-order valence-corrected chi connectivity index (χ4v) is 1.73. The van der Waals surface area contributed by atoms with Crippen molar-refractivity contribution >= 4 is 25.3 Å². The highest BCUT2D eigenvalue weighted by Gasteiger charge is 2.20. The van der Waals surface area contributed by atoms with Gasteiger partial charge in [0.15, 0.2) is 0 Å². The van der Waals surface area contributed by atoms with Crippen molar-refractivity contribution in [3.8, 4) is 5.75 Å². The average Bonchev–Trinajstić information content (AvgIpc) is 2.40. The Labute approximate surface area is 131 Å². The molecule has 0 heterocycles. The van der Waals surface area contributed by atoms with E-state index in [1.54, 1.807) is 45.0 Å². The Morgan fingerprint density at radius 3 is 2.77 bits per heavy atom. The van der Waals surface area contributed by atoms with Gasteiger partial charge in [-0.1, -0.05) is 6.07 Å². The highest BCUT2D eigenvalue weighted by molar-refractivity contribution is 6.64. The molecule has 0 saturated heterocycles. The van der Waals surface area contributed by atoms with Crippen LogP contribution in [-0.2, 0) is 14.3 Å². The zero-order valence-corrected chi connectivity index (χ0v) is 13.2. The minimum Gasteiger partial charge on any atom is -0.492 e. The van der Waals surface area contributed by atoms with Gasteiger partial charge in [0.05, 0.1) is 12.6 Å². The van der Waals surface area contributed by atoms with Crippen molar-refractivity contribution in [3.63, 3.8) is 0 Å². The molecule has 1 aromatic carbocycles. The molecule has 0 fully saturated rings. The molecule has 0 aliphatic rings. The molecule has 22 heavy (non-hydrogen) atoms. The second kappa shape index (κ2) is 8.43. The van der Waals surface area contributed by atoms with Gasteiger partial charge in [0.1, 0.15) is 18.0 Å². The van der Waals surface area contributed by atoms with Crippen LogP contribution in [0.3, 0.4) is 0 Å². The Balaban J connectivity index is 2.56. The van der Waals surface area contributed by atoms with Crippen LogP contribution in [0.5, 0.6) is 5.75 Å². The first kappa shape index (κ1) is 18.0. The number of hydrogen-bond acceptors (Lipinski definition) is 6. The summed E-state index contributed by atoms with van der Waals surface area (Å²) in [6, 6.07) is 6.61. The number of ether oxygens (including phenoxy) is 2. The summed E-state index contributed by atoms with van der Waals surface area (Å²) in [7, 11) is 1.23. The number of hydrogen-bond donors (Lipinski definition) is 2. The molecular weight excluding hydrogens is 283 g/mol. The lowest BCUT2D eigenvalue weighted by atomic mass is 9.96. The van der Waals surface area contributed by atoms with Crippen LogP contribution >= 0.6 is 0 Å². The van der Waals surface area contributed by atoms with Gasteiger partial charge in [-0.2, -0.15) is 0 Å². The number of carbonyl (C=O) groups excluding carboxylic acids is 2. The molecule has 0 spiro atoms. The highest BCUT2D eigenvalue weighted by atomic mass is 16.6. The van der Waals surface area contributed by atoms with Crippen LogP contribution < -0.4 is 15.7 Å². The number of anilines is 1. The van der Waals surface area contributed by atoms with Crippen molar-refractivity contribution in [2.45, 2.75) is 38.8 Å². The van der Waals surface area contributed by atoms with Crippen LogP contribution in [-0.4, -0.2) is 37.8 Å². The lowest BCUT2D eigenvalue weighted by molar-refractivity contribution is -0.155. The Morgan fingerprint density at radius 2 is 2.18 bits per heavy atom. The van der Waals surface area contributed by atoms with Crippen LogP contribution in [0.25, 0.3) is 0 Å². The number of nitrogen functional groups attached to an aromatic ring is 1. The highest BCUT2D eigenvalue weighted by Crippen LogP contribution is 2.15. The normalized spacial score (nSPS) is 12.3. The van der Waals surface area contributed by atoms with E-state index in [0.29, 0.717) is 17.6 Å². The summed E-state index contributed by atoms with van der Waals surface area (Å²) in [6.07, 6.45) is 0.701. The summed E-state index contributed by atoms with van der Waals surface area (Å²) in [5.41, 5.74) is 5.71. The maximum absolute atomic E-state index is 11.9. The van der Waals surface area contributed by atoms with Gasteiger partial charge in [0.25, 0.3) is 7.41 Å². The smallest absolute Gasteiger partial charge is 0.307 e. The number of nitrogens with two attached hydrogens (primary N) is 1. The van der Waals surface area contributed by atoms with E-state index < -0.39 is 5.60 Å². The van der Waals surface area contributed by atoms with Crippen LogP contribution in [0.4, 0.5) is 5.69 Å². The minimum absolute atomic E-state index is 0.0872. The second-order valence-electron chi connectivity index (χ2n) is 5.84. The molecule has 1 aromatic rings. The van der Waals surface area contributed by atoms with Crippen molar-refractivity contribution in [2.75, 3.05) is 12.3 Å². The summed E-state index contributed by atoms with van der Waals surface area (Å²) in [6.45, 7) is 5.60. The molecule has 0 bridgehead atoms. The van der Waals surface area contributed by atoms with E-state index in [1.807, 2.05) is 0 Å². The topological polar surface area (TPSA) is 90.7 Å². The van der Waals surface area contributed by atoms with Crippen molar-refractivity contribution in [1.29, 1.82) is 0 Å². The van der Waals surface area contributed by atoms with Crippen molar-refractivity contribution in [1.82, 2.24) is 5.23 Å². The van der Waals surface area contributed by atoms with E-state index in [2.05, 4.69) is 5.23 Å². The van der Waals surface area contributed by atoms with Gasteiger partial charge in [-0.3, -0.25) is 4.79 Å². The van der Waals surface area contributed by atoms with Crippen molar-refractivity contribution in [3.05, 3.63) is 24.3 Å². The van der Waals surface area contributed by atoms with Crippen LogP contribution in [0.1, 0.15) is 27.2 Å². The van der Waals surface area contributed by atoms with Gasteiger partial charge in [-0.15, -0.1) is 0 Å². The van der Waals surface area contributed by atoms with Gasteiger partial charge >= 0.3 is 5.97 Å². The fraction of sp³-hybridized carbons (Fsp3) is 0.467. The van der Waals surface area contributed by atoms with Gasteiger partial charge in [-0.05, 0) is 32.9 Å². The molecule has 0 aliphatic carbocycles. The largest absolute Gasteiger partial charge is 0.492 e. The van der Waals surface area contributed by atoms with Crippen LogP contribution in [0.15, 0.2) is 24.3 Å². The van der Waals surface area contributed by atoms with Gasteiger partial charge in [-0.25, -0.2) is 0 Å². The van der Waals surface area contributed by atoms with Gasteiger partial charge < -0.3 is 25.2 Å². The zero-order chi connectivity index (χ0) is 16.6. The standard InChI is InChI=1S/C15H22BN2O4/c1-15(2,3)22-14(20)8-12(18-16-10-19)9-21-13-6-4-5-11(17)7-13/h4-7,10,12,18H,8-9,17H2,1-3H3/t12-/m1/s1. The van der Waals surface area contributed by atoms with Crippen molar-refractivity contribution < 1.29 is 19.1 Å². The third-order valence-corrected chi connectivity index (χ3v) is 2.54. The Hall–Kier alpha value is -2.02. The molecule has 0 unspecified atom stereocenters. The minimum atomic E-state index is -0.551. The molecule has 0 saturated carbocycles. The van der Waals surface area contributed by atoms with E-state index in [-0.39, 0.29) is 25.0 Å². The third kappa shape index (κ3) is 7.68. The first-order valence-electron chi connectivity index (χ1n) is 7.03. The number of benzene rings is 1. The summed E-state index contributed by atoms with van der Waals surface area (Å²) < 4.78 is 10.9. The number of esters is 1. The number of nitrogens with one attached hydrogen (secondary N) is 1. The monoisotopic (exact) mass is 305 g/mol. The Morgan fingerprint density at radius 1 is 1.45 bits per heavy atom. The lowest BCUT2D eigenvalue weighted by Crippen LogP contribution is -2.40. The molecule has 0 amide bonds. The quantitative estimate of drug-likeness (QED) is 0.324. The molecule has 6 nitrogen and oxygen atoms in total. The van der Waals surface area contributed by atoms with E-state index in [0.717, 1.165) is 0 Å². The molecule has 7 heteroatoms. The fourth-order valence-electron chi connectivity index (χ4n) is 1.73. The lowest BCUT2D eigenvalue weighted by Gasteiger charge is -2.22. The summed E-state index contributed by atoms with van der Waals surface area (Å²) >= 11 is 0. The molecule has 1 rings (SSSR count). The van der Waals surface area contributed by atoms with E-state index in [1.165, 1.54) is 7.41 Å². The summed E-state index contributed by atoms with van der Waals surface area (Å²) in [4.78, 5) is 22.3. The SMILES string of the molecule is CC(C)(C)OC(=O)C[C@H](COc1cccc(N)c1)N[B]C=O. The molecular formula is C15H22BN2O4. The van der Waals surface area contributed by atoms with Crippen LogP contribution in [0, 0.1) is 0 Å². The first-order valence-corrected chi connectivity index (χ1v) is 7.03. The molecule has 3 N–H and O–H groups in total. The van der Waals surface area contributed by atoms with E-state index in [4.69, 9.17) is 15.2 Å². The Bertz CT molecular complexity index is 503. The molecule has 1 atom stereocenters. The maximum atomic E-state index is 11.9. The molecule has 0 aromatic heterocycles. The predicted molar refractivity (Wildman–Crippen MR) is 86.2 cm³/mol. The summed E-state index contributed by atoms with van der Waals surface area (Å²) in [5.74, 6) is 0.238. The van der Waals surface area contributed by atoms with E-state index in [9.17, 15) is 9.59 Å². The summed E-state index contributed by atoms with van der Waals surface area (Å²) in [5, 5.41) is 2.82. The Kier molecular flexibility index (Phi) is 6.91. The maximum Gasteiger partial charge on any atom is 0.307 e. The molecule has 119 valence electrons. The molecule has 1 radical (unpaired) electrons. The second-order valence-corrected chi connectivity index (χ2v) is 5.84. The average molecular weight is 305 g/mol. The van der Waals surface area contributed by atoms with E-state index >= 15 is 0 Å². The zero-order valence-electron chi connectivity index (χ0n) is 13.2. The van der Waals surface area contributed by atoms with Gasteiger partial charge in [0, 0.05) is 17.8 Å². The number of carbonyl (C=O) groups is 2. The van der Waals surface area contributed by atoms with Gasteiger partial charge in [0.2, 0.25) is 0 Å². The molecule has 0 aliphatic heterocycles.